The summed E-state index contributed by atoms with van der Waals surface area (Å²) in [5, 5.41) is 0. The third-order valence-electron chi connectivity index (χ3n) is 23.4. The Morgan fingerprint density at radius 3 is 0.629 bits per heavy atom. The van der Waals surface area contributed by atoms with Crippen molar-refractivity contribution in [1.29, 1.82) is 0 Å². The molecule has 3 aromatic rings. The average Bonchev–Trinajstić information content (AvgIpc) is 0.851. The summed E-state index contributed by atoms with van der Waals surface area (Å²) >= 11 is 0. The first-order chi connectivity index (χ1) is 62.1. The molecule has 0 saturated heterocycles. The predicted molar refractivity (Wildman–Crippen MR) is 538 cm³/mol. The van der Waals surface area contributed by atoms with Gasteiger partial charge in [0.25, 0.3) is 0 Å². The molecule has 0 bridgehead atoms. The standard InChI is InChI=1S/C18H30NO2.C17H28NO2.C15H24NO2.C14H30NO2.C13H28NO2.C11H24NO2.C8H18NO2.3C3H6O2/c1-4-7-14-19(6-3,13-5-2)15-16-21-18(20)17-11-9-8-10-12-17;1-4-12-18(6-3,13-5-2)14-15-20-17(19)16-10-8-7-9-11-16;1-4-16(5-2,6-3)12-13-18-15(17)14-10-8-7-9-11-14;1-6-9-11-15(8-3,10-7-2)12-13(4)17-14(5)16;1-6-9-14(8-3,10-7-2)11-12(4)16-13(5)15;1-6-12(7-2,8-3)9-10(4)14-11(5)13;1-7(11-8(2)10)6-9(3,4)5;3*1-3(4)5-2/h8-12H,4-7,13-16H2,1-3H3;7-11H,4-6,12-15H2,1-3H3;7-11H,4-6,12-13H2,1-3H3;13H,6-12H2,1-5H3;12H,6-11H2,1-5H3;10H,6-9H2,1-5H3;7H,6H2,1-5H3;3*1-2H3/q7*+1;;;. The van der Waals surface area contributed by atoms with Gasteiger partial charge in [-0.15, -0.1) is 0 Å². The molecular weight excluding hydrogens is 1680 g/mol. The van der Waals surface area contributed by atoms with Gasteiger partial charge in [0.1, 0.15) is 90.0 Å². The van der Waals surface area contributed by atoms with E-state index in [9.17, 15) is 47.9 Å². The zero-order valence-electron chi connectivity index (χ0n) is 90.6. The highest BCUT2D eigenvalue weighted by atomic mass is 16.6. The lowest BCUT2D eigenvalue weighted by atomic mass is 10.2. The molecule has 0 aliphatic carbocycles. The van der Waals surface area contributed by atoms with E-state index in [0.29, 0.717) is 36.5 Å². The van der Waals surface area contributed by atoms with Crippen LogP contribution in [0.25, 0.3) is 0 Å². The van der Waals surface area contributed by atoms with Crippen molar-refractivity contribution in [3.63, 3.8) is 0 Å². The molecule has 0 saturated carbocycles. The monoisotopic (exact) mass is 1880 g/mol. The summed E-state index contributed by atoms with van der Waals surface area (Å²) in [6.45, 7) is 85.9. The molecule has 0 N–H and O–H groups in total. The zero-order valence-corrected chi connectivity index (χ0v) is 90.6. The quantitative estimate of drug-likeness (QED) is 0.0289. The number of hydrogen-bond donors (Lipinski definition) is 0. The number of likely N-dealkylation sites (N-methyl/N-ethyl adjacent to an activating group) is 7. The minimum absolute atomic E-state index is 0.00694. The number of methoxy groups -OCH3 is 3. The largest absolute Gasteiger partial charge is 0.469 e. The second kappa shape index (κ2) is 83.7. The maximum absolute atomic E-state index is 12.0. The van der Waals surface area contributed by atoms with Crippen LogP contribution < -0.4 is 0 Å². The molecule has 132 heavy (non-hydrogen) atoms. The van der Waals surface area contributed by atoms with Crippen LogP contribution in [0.5, 0.6) is 0 Å². The molecule has 0 fully saturated rings. The minimum atomic E-state index is -0.245. The Bertz CT molecular complexity index is 3300. The molecule has 6 atom stereocenters. The first-order valence-corrected chi connectivity index (χ1v) is 49.5. The van der Waals surface area contributed by atoms with Crippen LogP contribution in [0, 0.1) is 0 Å². The van der Waals surface area contributed by atoms with E-state index in [4.69, 9.17) is 33.2 Å². The van der Waals surface area contributed by atoms with Crippen LogP contribution in [0.1, 0.15) is 296 Å². The van der Waals surface area contributed by atoms with Gasteiger partial charge in [-0.05, 0) is 185 Å². The number of unbranched alkanes of at least 4 members (excludes halogenated alkanes) is 2. The number of nitrogens with zero attached hydrogens (tertiary/aromatic N) is 7. The van der Waals surface area contributed by atoms with Gasteiger partial charge in [-0.1, -0.05) is 123 Å². The number of esters is 10. The fourth-order valence-electron chi connectivity index (χ4n) is 15.8. The maximum atomic E-state index is 12.0. The van der Waals surface area contributed by atoms with Crippen molar-refractivity contribution >= 4 is 59.7 Å². The van der Waals surface area contributed by atoms with E-state index in [0.717, 1.165) is 156 Å². The maximum Gasteiger partial charge on any atom is 0.338 e. The van der Waals surface area contributed by atoms with Crippen molar-refractivity contribution in [2.75, 3.05) is 226 Å². The topological polar surface area (TPSA) is 263 Å². The molecule has 0 aliphatic heterocycles. The summed E-state index contributed by atoms with van der Waals surface area (Å²) in [6.07, 6.45) is 12.1. The van der Waals surface area contributed by atoms with Gasteiger partial charge in [0, 0.05) is 48.5 Å². The van der Waals surface area contributed by atoms with Gasteiger partial charge >= 0.3 is 59.7 Å². The second-order valence-electron chi connectivity index (χ2n) is 35.2. The lowest BCUT2D eigenvalue weighted by molar-refractivity contribution is -0.929. The summed E-state index contributed by atoms with van der Waals surface area (Å²) in [5.74, 6) is -2.11. The van der Waals surface area contributed by atoms with Crippen molar-refractivity contribution in [2.45, 2.75) is 289 Å². The molecule has 0 spiro atoms. The Morgan fingerprint density at radius 2 is 0.432 bits per heavy atom. The molecule has 0 amide bonds. The SMILES string of the molecule is CC(=O)OC(C)C[N+](C)(C)C.CCCC[N+](CC)(CCC)CC(C)OC(C)=O.CCCC[N+](CC)(CCC)CCOC(=O)c1ccccc1.CCC[N+](CC)(CCC)CC(C)OC(C)=O.CCC[N+](CC)(CCC)CCOC(=O)c1ccccc1.CC[N+](CC)(CC)CC(C)OC(C)=O.CC[N+](CC)(CC)CCOC(=O)c1ccccc1.COC(C)=O.COC(C)=O.COC(C)=O. The third-order valence-corrected chi connectivity index (χ3v) is 23.4. The highest BCUT2D eigenvalue weighted by molar-refractivity contribution is 5.90. The average molecular weight is 1880 g/mol. The number of rotatable bonds is 52. The summed E-state index contributed by atoms with van der Waals surface area (Å²) in [5.41, 5.74) is 1.89. The smallest absolute Gasteiger partial charge is 0.338 e. The normalized spacial score (nSPS) is 12.6. The highest BCUT2D eigenvalue weighted by Gasteiger charge is 2.32. The van der Waals surface area contributed by atoms with Crippen molar-refractivity contribution < 1.29 is 127 Å². The van der Waals surface area contributed by atoms with E-state index in [1.165, 1.54) is 173 Å². The van der Waals surface area contributed by atoms with E-state index < -0.39 is 0 Å². The van der Waals surface area contributed by atoms with Gasteiger partial charge < -0.3 is 78.7 Å². The first-order valence-electron chi connectivity index (χ1n) is 49.5. The molecule has 768 valence electrons. The molecule has 6 unspecified atom stereocenters. The number of benzene rings is 3. The fraction of sp³-hybridized carbons (Fsp3) is 0.733. The Morgan fingerprint density at radius 1 is 0.242 bits per heavy atom. The number of ether oxygens (including phenoxy) is 10. The van der Waals surface area contributed by atoms with Gasteiger partial charge in [-0.25, -0.2) is 14.4 Å². The van der Waals surface area contributed by atoms with Gasteiger partial charge in [-0.3, -0.25) is 33.6 Å². The lowest BCUT2D eigenvalue weighted by Crippen LogP contribution is -2.53. The summed E-state index contributed by atoms with van der Waals surface area (Å²) in [6, 6.07) is 27.6. The molecular formula is C105H200N7O20+7. The van der Waals surface area contributed by atoms with Crippen LogP contribution in [0.4, 0.5) is 0 Å². The van der Waals surface area contributed by atoms with E-state index in [2.05, 4.69) is 160 Å². The van der Waals surface area contributed by atoms with E-state index in [1.54, 1.807) is 36.4 Å². The van der Waals surface area contributed by atoms with Gasteiger partial charge in [0.05, 0.1) is 177 Å². The van der Waals surface area contributed by atoms with Gasteiger partial charge in [-0.2, -0.15) is 0 Å². The summed E-state index contributed by atoms with van der Waals surface area (Å²) in [7, 11) is 10.3. The Balaban J connectivity index is -0.000000270. The number of quaternary nitrogens is 7. The van der Waals surface area contributed by atoms with Crippen molar-refractivity contribution in [1.82, 2.24) is 0 Å². The molecule has 0 heterocycles. The van der Waals surface area contributed by atoms with Gasteiger partial charge in [0.2, 0.25) is 0 Å². The fourth-order valence-corrected chi connectivity index (χ4v) is 15.8. The summed E-state index contributed by atoms with van der Waals surface area (Å²) in [4.78, 5) is 108. The number of carbonyl (C=O) groups excluding carboxylic acids is 10. The van der Waals surface area contributed by atoms with Crippen molar-refractivity contribution in [3.8, 4) is 0 Å². The van der Waals surface area contributed by atoms with Crippen LogP contribution in [0.2, 0.25) is 0 Å². The predicted octanol–water partition coefficient (Wildman–Crippen LogP) is 18.7. The highest BCUT2D eigenvalue weighted by Crippen LogP contribution is 2.19. The van der Waals surface area contributed by atoms with E-state index in [-0.39, 0.29) is 84.1 Å². The Labute approximate surface area is 805 Å². The van der Waals surface area contributed by atoms with E-state index >= 15 is 0 Å². The molecule has 0 aliphatic rings. The van der Waals surface area contributed by atoms with Crippen LogP contribution in [-0.4, -0.2) is 341 Å². The summed E-state index contributed by atoms with van der Waals surface area (Å²) < 4.78 is 56.3. The first kappa shape index (κ1) is 137. The van der Waals surface area contributed by atoms with Crippen molar-refractivity contribution in [2.24, 2.45) is 0 Å². The minimum Gasteiger partial charge on any atom is -0.469 e. The van der Waals surface area contributed by atoms with Crippen LogP contribution in [0.15, 0.2) is 91.0 Å². The van der Waals surface area contributed by atoms with Crippen LogP contribution >= 0.6 is 0 Å². The molecule has 0 aromatic heterocycles. The lowest BCUT2D eigenvalue weighted by Gasteiger charge is -2.39. The molecule has 3 aromatic carbocycles. The molecule has 27 heteroatoms. The van der Waals surface area contributed by atoms with Crippen LogP contribution in [0.3, 0.4) is 0 Å². The number of hydrogen-bond acceptors (Lipinski definition) is 20. The van der Waals surface area contributed by atoms with Gasteiger partial charge in [0.15, 0.2) is 0 Å². The van der Waals surface area contributed by atoms with E-state index in [1.807, 2.05) is 82.3 Å². The molecule has 0 radical (unpaired) electrons. The zero-order chi connectivity index (χ0) is 103. The number of carbonyl (C=O) groups is 10. The van der Waals surface area contributed by atoms with Crippen LogP contribution in [-0.2, 0) is 80.9 Å². The Hall–Kier alpha value is -7.92. The molecule has 3 rings (SSSR count). The second-order valence-corrected chi connectivity index (χ2v) is 35.2. The van der Waals surface area contributed by atoms with Crippen molar-refractivity contribution in [3.05, 3.63) is 108 Å². The molecule has 27 nitrogen and oxygen atoms in total. The Kier molecular flexibility index (Phi) is 86.9. The third kappa shape index (κ3) is 74.4.